The Morgan fingerprint density at radius 3 is 3.06 bits per heavy atom. The number of rotatable bonds is 3. The minimum atomic E-state index is -0.746. The van der Waals surface area contributed by atoms with Crippen molar-refractivity contribution in [3.63, 3.8) is 0 Å². The highest BCUT2D eigenvalue weighted by Gasteiger charge is 2.34. The van der Waals surface area contributed by atoms with Crippen LogP contribution in [0.15, 0.2) is 22.8 Å². The molecule has 0 spiro atoms. The smallest absolute Gasteiger partial charge is 0.309 e. The maximum atomic E-state index is 11.2. The first-order valence-electron chi connectivity index (χ1n) is 6.20. The average Bonchev–Trinajstić information content (AvgIpc) is 2.73. The van der Waals surface area contributed by atoms with Crippen molar-refractivity contribution in [1.29, 1.82) is 0 Å². The van der Waals surface area contributed by atoms with E-state index in [1.807, 2.05) is 12.1 Å². The Balaban J connectivity index is 2.13. The maximum Gasteiger partial charge on any atom is 0.309 e. The number of carboxylic acid groups (broad SMARTS) is 1. The third-order valence-electron chi connectivity index (χ3n) is 3.52. The van der Waals surface area contributed by atoms with Gasteiger partial charge in [-0.2, -0.15) is 0 Å². The van der Waals surface area contributed by atoms with Gasteiger partial charge in [0.15, 0.2) is 0 Å². The molecule has 1 aromatic heterocycles. The Hall–Kier alpha value is -1.33. The average molecular weight is 252 g/mol. The molecule has 0 aliphatic carbocycles. The minimum absolute atomic E-state index is 0.0863. The summed E-state index contributed by atoms with van der Waals surface area (Å²) in [6.45, 7) is 6.72. The first kappa shape index (κ1) is 13.1. The lowest BCUT2D eigenvalue weighted by molar-refractivity contribution is -0.142. The molecule has 1 fully saturated rings. The molecule has 1 aliphatic rings. The predicted octanol–water partition coefficient (Wildman–Crippen LogP) is 1.16. The molecular weight excluding hydrogens is 232 g/mol. The first-order valence-corrected chi connectivity index (χ1v) is 6.20. The molecule has 100 valence electrons. The highest BCUT2D eigenvalue weighted by molar-refractivity contribution is 5.70. The van der Waals surface area contributed by atoms with E-state index in [-0.39, 0.29) is 11.5 Å². The highest BCUT2D eigenvalue weighted by atomic mass is 16.4. The zero-order chi connectivity index (χ0) is 13.2. The lowest BCUT2D eigenvalue weighted by atomic mass is 10.0. The molecule has 2 rings (SSSR count). The van der Waals surface area contributed by atoms with Crippen LogP contribution in [-0.4, -0.2) is 41.1 Å². The Bertz CT molecular complexity index is 400. The Morgan fingerprint density at radius 2 is 2.44 bits per heavy atom. The molecule has 1 aromatic rings. The predicted molar refractivity (Wildman–Crippen MR) is 67.2 cm³/mol. The van der Waals surface area contributed by atoms with Gasteiger partial charge in [0, 0.05) is 25.2 Å². The van der Waals surface area contributed by atoms with Crippen LogP contribution in [0.4, 0.5) is 0 Å². The Labute approximate surface area is 107 Å². The molecule has 1 aliphatic heterocycles. The summed E-state index contributed by atoms with van der Waals surface area (Å²) in [5, 5.41) is 12.4. The summed E-state index contributed by atoms with van der Waals surface area (Å²) in [7, 11) is 0. The molecule has 1 saturated heterocycles. The number of furan rings is 1. The largest absolute Gasteiger partial charge is 0.481 e. The van der Waals surface area contributed by atoms with Crippen LogP contribution in [0.1, 0.15) is 19.6 Å². The van der Waals surface area contributed by atoms with E-state index >= 15 is 0 Å². The summed E-state index contributed by atoms with van der Waals surface area (Å²) < 4.78 is 5.36. The number of aliphatic carboxylic acids is 1. The van der Waals surface area contributed by atoms with E-state index in [0.29, 0.717) is 19.6 Å². The SMILES string of the molecule is CC1(C)CNCC(C(=O)O)CN1Cc1ccco1. The van der Waals surface area contributed by atoms with Gasteiger partial charge in [-0.25, -0.2) is 0 Å². The molecule has 0 radical (unpaired) electrons. The standard InChI is InChI=1S/C13H20N2O3/c1-13(2)9-14-6-10(12(16)17)7-15(13)8-11-4-3-5-18-11/h3-5,10,14H,6-9H2,1-2H3,(H,16,17). The van der Waals surface area contributed by atoms with E-state index in [0.717, 1.165) is 12.3 Å². The molecule has 0 aromatic carbocycles. The molecule has 0 saturated carbocycles. The molecule has 18 heavy (non-hydrogen) atoms. The molecule has 0 amide bonds. The van der Waals surface area contributed by atoms with Crippen LogP contribution >= 0.6 is 0 Å². The Kier molecular flexibility index (Phi) is 3.73. The van der Waals surface area contributed by atoms with Gasteiger partial charge < -0.3 is 14.8 Å². The van der Waals surface area contributed by atoms with Gasteiger partial charge in [0.1, 0.15) is 5.76 Å². The van der Waals surface area contributed by atoms with Crippen LogP contribution in [0.2, 0.25) is 0 Å². The summed E-state index contributed by atoms with van der Waals surface area (Å²) in [6.07, 6.45) is 1.65. The van der Waals surface area contributed by atoms with Crippen molar-refractivity contribution < 1.29 is 14.3 Å². The molecule has 1 atom stereocenters. The summed E-state index contributed by atoms with van der Waals surface area (Å²) in [6, 6.07) is 3.78. The summed E-state index contributed by atoms with van der Waals surface area (Å²) in [5.74, 6) is -0.250. The van der Waals surface area contributed by atoms with E-state index < -0.39 is 5.97 Å². The number of nitrogens with zero attached hydrogens (tertiary/aromatic N) is 1. The van der Waals surface area contributed by atoms with Gasteiger partial charge in [-0.3, -0.25) is 9.69 Å². The van der Waals surface area contributed by atoms with Crippen LogP contribution in [0, 0.1) is 5.92 Å². The molecular formula is C13H20N2O3. The van der Waals surface area contributed by atoms with Crippen molar-refractivity contribution in [1.82, 2.24) is 10.2 Å². The lowest BCUT2D eigenvalue weighted by Gasteiger charge is -2.36. The van der Waals surface area contributed by atoms with Gasteiger partial charge in [-0.1, -0.05) is 0 Å². The zero-order valence-electron chi connectivity index (χ0n) is 10.8. The van der Waals surface area contributed by atoms with Crippen LogP contribution in [0.5, 0.6) is 0 Å². The van der Waals surface area contributed by atoms with Crippen molar-refractivity contribution in [2.75, 3.05) is 19.6 Å². The third kappa shape index (κ3) is 2.91. The van der Waals surface area contributed by atoms with Crippen LogP contribution in [-0.2, 0) is 11.3 Å². The first-order chi connectivity index (χ1) is 8.49. The fourth-order valence-electron chi connectivity index (χ4n) is 2.28. The molecule has 5 nitrogen and oxygen atoms in total. The highest BCUT2D eigenvalue weighted by Crippen LogP contribution is 2.22. The van der Waals surface area contributed by atoms with Crippen molar-refractivity contribution in [2.45, 2.75) is 25.9 Å². The second-order valence-corrected chi connectivity index (χ2v) is 5.44. The fourth-order valence-corrected chi connectivity index (χ4v) is 2.28. The van der Waals surface area contributed by atoms with Gasteiger partial charge in [0.05, 0.1) is 18.7 Å². The van der Waals surface area contributed by atoms with E-state index in [4.69, 9.17) is 4.42 Å². The van der Waals surface area contributed by atoms with E-state index in [1.165, 1.54) is 0 Å². The molecule has 2 heterocycles. The molecule has 1 unspecified atom stereocenters. The Morgan fingerprint density at radius 1 is 1.67 bits per heavy atom. The van der Waals surface area contributed by atoms with Crippen molar-refractivity contribution in [2.24, 2.45) is 5.92 Å². The van der Waals surface area contributed by atoms with Gasteiger partial charge in [-0.15, -0.1) is 0 Å². The topological polar surface area (TPSA) is 65.7 Å². The van der Waals surface area contributed by atoms with Crippen molar-refractivity contribution >= 4 is 5.97 Å². The van der Waals surface area contributed by atoms with Crippen LogP contribution in [0.25, 0.3) is 0 Å². The zero-order valence-corrected chi connectivity index (χ0v) is 10.8. The number of carboxylic acids is 1. The van der Waals surface area contributed by atoms with E-state index in [9.17, 15) is 9.90 Å². The number of hydrogen-bond acceptors (Lipinski definition) is 4. The van der Waals surface area contributed by atoms with Crippen LogP contribution in [0.3, 0.4) is 0 Å². The summed E-state index contributed by atoms with van der Waals surface area (Å²) >= 11 is 0. The number of nitrogens with one attached hydrogen (secondary N) is 1. The second kappa shape index (κ2) is 5.12. The molecule has 0 bridgehead atoms. The minimum Gasteiger partial charge on any atom is -0.481 e. The number of hydrogen-bond donors (Lipinski definition) is 2. The summed E-state index contributed by atoms with van der Waals surface area (Å²) in [4.78, 5) is 13.3. The van der Waals surface area contributed by atoms with Gasteiger partial charge in [0.2, 0.25) is 0 Å². The molecule has 2 N–H and O–H groups in total. The monoisotopic (exact) mass is 252 g/mol. The molecule has 5 heteroatoms. The lowest BCUT2D eigenvalue weighted by Crippen LogP contribution is -2.48. The quantitative estimate of drug-likeness (QED) is 0.845. The van der Waals surface area contributed by atoms with Gasteiger partial charge in [-0.05, 0) is 26.0 Å². The van der Waals surface area contributed by atoms with Gasteiger partial charge >= 0.3 is 5.97 Å². The van der Waals surface area contributed by atoms with E-state index in [1.54, 1.807) is 6.26 Å². The summed E-state index contributed by atoms with van der Waals surface area (Å²) in [5.41, 5.74) is -0.0863. The third-order valence-corrected chi connectivity index (χ3v) is 3.52. The van der Waals surface area contributed by atoms with Crippen molar-refractivity contribution in [3.05, 3.63) is 24.2 Å². The van der Waals surface area contributed by atoms with Crippen molar-refractivity contribution in [3.8, 4) is 0 Å². The van der Waals surface area contributed by atoms with E-state index in [2.05, 4.69) is 24.1 Å². The normalized spacial score (nSPS) is 24.7. The second-order valence-electron chi connectivity index (χ2n) is 5.44. The maximum absolute atomic E-state index is 11.2. The van der Waals surface area contributed by atoms with Gasteiger partial charge in [0.25, 0.3) is 0 Å². The van der Waals surface area contributed by atoms with Crippen LogP contribution < -0.4 is 5.32 Å². The fraction of sp³-hybridized carbons (Fsp3) is 0.615. The number of carbonyl (C=O) groups is 1.